The van der Waals surface area contributed by atoms with Crippen molar-refractivity contribution in [2.45, 2.75) is 26.3 Å². The van der Waals surface area contributed by atoms with Crippen molar-refractivity contribution in [2.24, 2.45) is 0 Å². The van der Waals surface area contributed by atoms with Gasteiger partial charge in [-0.15, -0.1) is 0 Å². The van der Waals surface area contributed by atoms with Gasteiger partial charge in [0.05, 0.1) is 12.3 Å². The van der Waals surface area contributed by atoms with Crippen molar-refractivity contribution in [3.8, 4) is 0 Å². The molecule has 1 aromatic heterocycles. The van der Waals surface area contributed by atoms with Gasteiger partial charge in [-0.3, -0.25) is 0 Å². The maximum atomic E-state index is 14.2. The number of benzene rings is 1. The van der Waals surface area contributed by atoms with Crippen LogP contribution in [0.3, 0.4) is 0 Å². The molecule has 0 saturated heterocycles. The molecule has 4 heteroatoms. The van der Waals surface area contributed by atoms with Crippen molar-refractivity contribution >= 4 is 0 Å². The molecule has 1 heterocycles. The number of rotatable bonds is 4. The molecule has 0 aliphatic rings. The van der Waals surface area contributed by atoms with Crippen LogP contribution in [0.15, 0.2) is 28.9 Å². The van der Waals surface area contributed by atoms with Crippen molar-refractivity contribution in [1.82, 2.24) is 5.32 Å². The van der Waals surface area contributed by atoms with Crippen LogP contribution in [0.25, 0.3) is 0 Å². The lowest BCUT2D eigenvalue weighted by Crippen LogP contribution is -2.21. The smallest absolute Gasteiger partial charge is 0.134 e. The standard InChI is InChI=1S/C15H17F2NO/c1-4-12-10(7-8-19-12)15(18-3)13-11(16)6-5-9(2)14(13)17/h5-8,15,18H,4H2,1-3H3. The average molecular weight is 265 g/mol. The van der Waals surface area contributed by atoms with Gasteiger partial charge in [0.25, 0.3) is 0 Å². The average Bonchev–Trinajstić information content (AvgIpc) is 2.87. The second kappa shape index (κ2) is 5.53. The number of hydrogen-bond acceptors (Lipinski definition) is 2. The van der Waals surface area contributed by atoms with Crippen LogP contribution in [0, 0.1) is 18.6 Å². The van der Waals surface area contributed by atoms with Crippen molar-refractivity contribution in [1.29, 1.82) is 0 Å². The minimum Gasteiger partial charge on any atom is -0.469 e. The molecule has 1 aromatic carbocycles. The van der Waals surface area contributed by atoms with Gasteiger partial charge < -0.3 is 9.73 Å². The molecule has 0 aliphatic carbocycles. The SMILES string of the molecule is CCc1occc1C(NC)c1c(F)ccc(C)c1F. The largest absolute Gasteiger partial charge is 0.469 e. The Balaban J connectivity index is 2.58. The number of aryl methyl sites for hydroxylation is 2. The monoisotopic (exact) mass is 265 g/mol. The summed E-state index contributed by atoms with van der Waals surface area (Å²) in [6.45, 7) is 3.57. The second-order valence-corrected chi connectivity index (χ2v) is 4.47. The third-order valence-electron chi connectivity index (χ3n) is 3.31. The lowest BCUT2D eigenvalue weighted by Gasteiger charge is -2.19. The van der Waals surface area contributed by atoms with E-state index in [9.17, 15) is 8.78 Å². The zero-order valence-electron chi connectivity index (χ0n) is 11.3. The minimum atomic E-state index is -0.550. The van der Waals surface area contributed by atoms with E-state index in [2.05, 4.69) is 5.32 Å². The molecular formula is C15H17F2NO. The van der Waals surface area contributed by atoms with E-state index >= 15 is 0 Å². The summed E-state index contributed by atoms with van der Waals surface area (Å²) in [5.74, 6) is -0.326. The van der Waals surface area contributed by atoms with Crippen LogP contribution in [0.2, 0.25) is 0 Å². The highest BCUT2D eigenvalue weighted by Gasteiger charge is 2.24. The molecule has 102 valence electrons. The Labute approximate surface area is 111 Å². The lowest BCUT2D eigenvalue weighted by molar-refractivity contribution is 0.490. The summed E-state index contributed by atoms with van der Waals surface area (Å²) in [6.07, 6.45) is 2.22. The van der Waals surface area contributed by atoms with Crippen molar-refractivity contribution < 1.29 is 13.2 Å². The van der Waals surface area contributed by atoms with E-state index in [1.165, 1.54) is 12.1 Å². The number of furan rings is 1. The molecule has 1 unspecified atom stereocenters. The topological polar surface area (TPSA) is 25.2 Å². The molecule has 2 nitrogen and oxygen atoms in total. The molecule has 2 rings (SSSR count). The first kappa shape index (κ1) is 13.7. The fourth-order valence-electron chi connectivity index (χ4n) is 2.29. The molecule has 0 radical (unpaired) electrons. The van der Waals surface area contributed by atoms with Crippen LogP contribution >= 0.6 is 0 Å². The summed E-state index contributed by atoms with van der Waals surface area (Å²) in [6, 6.07) is 3.94. The zero-order valence-corrected chi connectivity index (χ0v) is 11.3. The minimum absolute atomic E-state index is 0.0404. The van der Waals surface area contributed by atoms with Crippen LogP contribution in [0.5, 0.6) is 0 Å². The summed E-state index contributed by atoms with van der Waals surface area (Å²) in [4.78, 5) is 0. The fourth-order valence-corrected chi connectivity index (χ4v) is 2.29. The van der Waals surface area contributed by atoms with Crippen molar-refractivity contribution in [3.05, 3.63) is 58.5 Å². The molecule has 1 N–H and O–H groups in total. The van der Waals surface area contributed by atoms with Gasteiger partial charge in [-0.1, -0.05) is 13.0 Å². The Morgan fingerprint density at radius 3 is 2.63 bits per heavy atom. The third-order valence-corrected chi connectivity index (χ3v) is 3.31. The number of halogens is 2. The first-order chi connectivity index (χ1) is 9.10. The predicted molar refractivity (Wildman–Crippen MR) is 70.1 cm³/mol. The first-order valence-corrected chi connectivity index (χ1v) is 6.28. The zero-order chi connectivity index (χ0) is 14.0. The Bertz CT molecular complexity index is 578. The van der Waals surface area contributed by atoms with Gasteiger partial charge in [0.15, 0.2) is 0 Å². The van der Waals surface area contributed by atoms with E-state index in [0.717, 1.165) is 11.3 Å². The van der Waals surface area contributed by atoms with Gasteiger partial charge in [0.1, 0.15) is 17.4 Å². The van der Waals surface area contributed by atoms with E-state index in [0.29, 0.717) is 12.0 Å². The lowest BCUT2D eigenvalue weighted by atomic mass is 9.96. The van der Waals surface area contributed by atoms with Crippen LogP contribution < -0.4 is 5.32 Å². The van der Waals surface area contributed by atoms with Crippen LogP contribution in [-0.2, 0) is 6.42 Å². The Kier molecular flexibility index (Phi) is 4.00. The van der Waals surface area contributed by atoms with Crippen LogP contribution in [0.1, 0.15) is 35.4 Å². The maximum Gasteiger partial charge on any atom is 0.134 e. The molecule has 0 aliphatic heterocycles. The molecule has 2 aromatic rings. The molecule has 0 saturated carbocycles. The predicted octanol–water partition coefficient (Wildman–Crippen LogP) is 3.74. The van der Waals surface area contributed by atoms with E-state index in [-0.39, 0.29) is 5.56 Å². The highest BCUT2D eigenvalue weighted by Crippen LogP contribution is 2.31. The fraction of sp³-hybridized carbons (Fsp3) is 0.333. The summed E-state index contributed by atoms with van der Waals surface area (Å²) in [5.41, 5.74) is 1.24. The summed E-state index contributed by atoms with van der Waals surface area (Å²) in [7, 11) is 1.68. The molecular weight excluding hydrogens is 248 g/mol. The van der Waals surface area contributed by atoms with Gasteiger partial charge in [0, 0.05) is 17.5 Å². The summed E-state index contributed by atoms with van der Waals surface area (Å²) < 4.78 is 33.5. The molecule has 19 heavy (non-hydrogen) atoms. The normalized spacial score (nSPS) is 12.7. The van der Waals surface area contributed by atoms with Crippen molar-refractivity contribution in [2.75, 3.05) is 7.05 Å². The number of hydrogen-bond donors (Lipinski definition) is 1. The summed E-state index contributed by atoms with van der Waals surface area (Å²) in [5, 5.41) is 2.96. The quantitative estimate of drug-likeness (QED) is 0.911. The second-order valence-electron chi connectivity index (χ2n) is 4.47. The van der Waals surface area contributed by atoms with Gasteiger partial charge in [-0.25, -0.2) is 8.78 Å². The van der Waals surface area contributed by atoms with E-state index in [4.69, 9.17) is 4.42 Å². The van der Waals surface area contributed by atoms with Crippen molar-refractivity contribution in [3.63, 3.8) is 0 Å². The number of nitrogens with one attached hydrogen (secondary N) is 1. The van der Waals surface area contributed by atoms with Gasteiger partial charge in [-0.2, -0.15) is 0 Å². The molecule has 0 fully saturated rings. The third kappa shape index (κ3) is 2.40. The highest BCUT2D eigenvalue weighted by molar-refractivity contribution is 5.37. The molecule has 0 spiro atoms. The maximum absolute atomic E-state index is 14.2. The van der Waals surface area contributed by atoms with E-state index in [1.54, 1.807) is 26.3 Å². The van der Waals surface area contributed by atoms with Crippen LogP contribution in [0.4, 0.5) is 8.78 Å². The van der Waals surface area contributed by atoms with Gasteiger partial charge in [0.2, 0.25) is 0 Å². The Morgan fingerprint density at radius 2 is 2.00 bits per heavy atom. The van der Waals surface area contributed by atoms with Gasteiger partial charge >= 0.3 is 0 Å². The highest BCUT2D eigenvalue weighted by atomic mass is 19.1. The molecule has 0 bridgehead atoms. The molecule has 1 atom stereocenters. The van der Waals surface area contributed by atoms with E-state index in [1.807, 2.05) is 6.92 Å². The van der Waals surface area contributed by atoms with E-state index < -0.39 is 17.7 Å². The first-order valence-electron chi connectivity index (χ1n) is 6.28. The Hall–Kier alpha value is -1.68. The van der Waals surface area contributed by atoms with Crippen LogP contribution in [-0.4, -0.2) is 7.05 Å². The molecule has 0 amide bonds. The van der Waals surface area contributed by atoms with Gasteiger partial charge in [-0.05, 0) is 31.7 Å². The Morgan fingerprint density at radius 1 is 1.26 bits per heavy atom. The summed E-state index contributed by atoms with van der Waals surface area (Å²) >= 11 is 0.